The normalized spacial score (nSPS) is 18.5. The third-order valence-corrected chi connectivity index (χ3v) is 6.57. The summed E-state index contributed by atoms with van der Waals surface area (Å²) in [6.07, 6.45) is 4.05. The number of ether oxygens (including phenoxy) is 1. The highest BCUT2D eigenvalue weighted by Gasteiger charge is 2.34. The van der Waals surface area contributed by atoms with E-state index in [1.807, 2.05) is 23.1 Å². The molecule has 2 saturated heterocycles. The maximum atomic E-state index is 14.5. The summed E-state index contributed by atoms with van der Waals surface area (Å²) in [7, 11) is 0. The van der Waals surface area contributed by atoms with E-state index in [-0.39, 0.29) is 17.8 Å². The second kappa shape index (κ2) is 8.83. The molecule has 0 spiro atoms. The van der Waals surface area contributed by atoms with E-state index in [2.05, 4.69) is 17.1 Å². The van der Waals surface area contributed by atoms with E-state index in [1.54, 1.807) is 18.3 Å². The maximum Gasteiger partial charge on any atom is 0.222 e. The number of pyridine rings is 1. The van der Waals surface area contributed by atoms with Gasteiger partial charge in [-0.3, -0.25) is 4.79 Å². The van der Waals surface area contributed by atoms with Crippen molar-refractivity contribution in [2.75, 3.05) is 31.2 Å². The van der Waals surface area contributed by atoms with Crippen LogP contribution < -0.4 is 11.5 Å². The number of carbonyl (C=O) groups excluding carboxylic acids is 1. The minimum atomic E-state index is -0.430. The molecule has 2 fully saturated rings. The smallest absolute Gasteiger partial charge is 0.222 e. The summed E-state index contributed by atoms with van der Waals surface area (Å²) in [6.45, 7) is 2.30. The number of nitrogens with zero attached hydrogens (tertiary/aromatic N) is 2. The second-order valence-electron chi connectivity index (χ2n) is 8.94. The zero-order chi connectivity index (χ0) is 22.9. The van der Waals surface area contributed by atoms with E-state index in [0.717, 1.165) is 43.7 Å². The van der Waals surface area contributed by atoms with Crippen molar-refractivity contribution in [3.05, 3.63) is 66.1 Å². The molecule has 3 aromatic rings. The van der Waals surface area contributed by atoms with E-state index in [1.165, 1.54) is 11.6 Å². The summed E-state index contributed by atoms with van der Waals surface area (Å²) in [5.41, 5.74) is 16.0. The van der Waals surface area contributed by atoms with Gasteiger partial charge in [0.25, 0.3) is 0 Å². The number of benzene rings is 2. The van der Waals surface area contributed by atoms with Crippen molar-refractivity contribution >= 4 is 17.4 Å². The molecule has 0 saturated carbocycles. The largest absolute Gasteiger partial charge is 0.399 e. The van der Waals surface area contributed by atoms with Gasteiger partial charge in [-0.25, -0.2) is 9.37 Å². The van der Waals surface area contributed by atoms with Crippen LogP contribution in [0.15, 0.2) is 54.7 Å². The number of halogens is 1. The molecule has 3 heterocycles. The van der Waals surface area contributed by atoms with Gasteiger partial charge < -0.3 is 21.1 Å². The Balaban J connectivity index is 1.34. The third-order valence-electron chi connectivity index (χ3n) is 6.57. The number of anilines is 2. The summed E-state index contributed by atoms with van der Waals surface area (Å²) in [5, 5.41) is 0. The fourth-order valence-corrected chi connectivity index (χ4v) is 4.63. The van der Waals surface area contributed by atoms with Crippen LogP contribution >= 0.6 is 0 Å². The molecule has 2 aromatic carbocycles. The molecule has 0 bridgehead atoms. The molecule has 1 amide bonds. The first-order valence-electron chi connectivity index (χ1n) is 11.3. The van der Waals surface area contributed by atoms with E-state index in [9.17, 15) is 9.18 Å². The van der Waals surface area contributed by atoms with Crippen molar-refractivity contribution < 1.29 is 13.9 Å². The minimum Gasteiger partial charge on any atom is -0.399 e. The number of aromatic nitrogens is 1. The Labute approximate surface area is 192 Å². The van der Waals surface area contributed by atoms with Gasteiger partial charge in [-0.05, 0) is 48.2 Å². The average molecular weight is 447 g/mol. The van der Waals surface area contributed by atoms with Crippen LogP contribution in [0.25, 0.3) is 22.3 Å². The van der Waals surface area contributed by atoms with Gasteiger partial charge >= 0.3 is 0 Å². The number of nitrogen functional groups attached to an aromatic ring is 2. The molecular formula is C26H27FN4O2. The van der Waals surface area contributed by atoms with Crippen molar-refractivity contribution in [2.45, 2.75) is 25.3 Å². The predicted octanol–water partition coefficient (Wildman–Crippen LogP) is 3.90. The van der Waals surface area contributed by atoms with Crippen molar-refractivity contribution in [1.29, 1.82) is 0 Å². The molecule has 4 N–H and O–H groups in total. The number of hydrogen-bond acceptors (Lipinski definition) is 5. The minimum absolute atomic E-state index is 0.238. The monoisotopic (exact) mass is 446 g/mol. The molecule has 5 rings (SSSR count). The molecule has 170 valence electrons. The summed E-state index contributed by atoms with van der Waals surface area (Å²) in [4.78, 5) is 18.7. The molecule has 2 aliphatic heterocycles. The van der Waals surface area contributed by atoms with Crippen LogP contribution in [0.4, 0.5) is 15.9 Å². The molecule has 0 aliphatic carbocycles. The second-order valence-corrected chi connectivity index (χ2v) is 8.94. The predicted molar refractivity (Wildman–Crippen MR) is 127 cm³/mol. The molecule has 0 radical (unpaired) electrons. The number of hydrogen-bond donors (Lipinski definition) is 2. The number of amides is 1. The van der Waals surface area contributed by atoms with Gasteiger partial charge in [0.05, 0.1) is 13.2 Å². The Kier molecular flexibility index (Phi) is 5.72. The molecule has 2 aliphatic rings. The van der Waals surface area contributed by atoms with Crippen LogP contribution in [-0.2, 0) is 16.0 Å². The topological polar surface area (TPSA) is 94.5 Å². The van der Waals surface area contributed by atoms with E-state index >= 15 is 0 Å². The Morgan fingerprint density at radius 2 is 1.82 bits per heavy atom. The quantitative estimate of drug-likeness (QED) is 0.560. The van der Waals surface area contributed by atoms with Crippen molar-refractivity contribution in [1.82, 2.24) is 9.88 Å². The Morgan fingerprint density at radius 3 is 2.52 bits per heavy atom. The Bertz CT molecular complexity index is 1180. The number of carbonyl (C=O) groups is 1. The standard InChI is InChI=1S/C26H27FN4O2/c27-24-11-20(28)5-7-22(24)23-10-19(12-30-26(23)29)18-3-1-16(2-4-18)9-21-6-8-25(32)31(21)13-17-14-33-15-17/h1-5,7,10-12,17,21H,6,8-9,13-15,28H2,(H2,29,30). The first-order valence-corrected chi connectivity index (χ1v) is 11.3. The summed E-state index contributed by atoms with van der Waals surface area (Å²) < 4.78 is 19.7. The fraction of sp³-hybridized carbons (Fsp3) is 0.308. The van der Waals surface area contributed by atoms with Crippen molar-refractivity contribution in [3.63, 3.8) is 0 Å². The molecule has 7 heteroatoms. The van der Waals surface area contributed by atoms with Gasteiger partial charge in [0, 0.05) is 53.5 Å². The summed E-state index contributed by atoms with van der Waals surface area (Å²) in [6, 6.07) is 14.9. The molecule has 6 nitrogen and oxygen atoms in total. The van der Waals surface area contributed by atoms with Crippen LogP contribution in [-0.4, -0.2) is 41.6 Å². The lowest BCUT2D eigenvalue weighted by Crippen LogP contribution is -2.44. The van der Waals surface area contributed by atoms with Crippen molar-refractivity contribution in [2.24, 2.45) is 5.92 Å². The first kappa shape index (κ1) is 21.4. The van der Waals surface area contributed by atoms with Crippen LogP contribution in [0.3, 0.4) is 0 Å². The molecule has 33 heavy (non-hydrogen) atoms. The zero-order valence-corrected chi connectivity index (χ0v) is 18.3. The van der Waals surface area contributed by atoms with Gasteiger partial charge in [-0.2, -0.15) is 0 Å². The highest BCUT2D eigenvalue weighted by molar-refractivity contribution is 5.80. The Morgan fingerprint density at radius 1 is 1.03 bits per heavy atom. The SMILES string of the molecule is Nc1ccc(-c2cc(-c3ccc(CC4CCC(=O)N4CC4COC4)cc3)cnc2N)c(F)c1. The lowest BCUT2D eigenvalue weighted by molar-refractivity contribution is -0.132. The van der Waals surface area contributed by atoms with E-state index in [4.69, 9.17) is 16.2 Å². The number of likely N-dealkylation sites (tertiary alicyclic amines) is 1. The van der Waals surface area contributed by atoms with Crippen LogP contribution in [0.1, 0.15) is 18.4 Å². The average Bonchev–Trinajstić information content (AvgIpc) is 3.11. The lowest BCUT2D eigenvalue weighted by Gasteiger charge is -2.33. The van der Waals surface area contributed by atoms with Gasteiger partial charge in [0.1, 0.15) is 11.6 Å². The van der Waals surface area contributed by atoms with Crippen LogP contribution in [0, 0.1) is 11.7 Å². The molecule has 1 atom stereocenters. The third kappa shape index (κ3) is 4.41. The molecular weight excluding hydrogens is 419 g/mol. The van der Waals surface area contributed by atoms with Gasteiger partial charge in [-0.15, -0.1) is 0 Å². The van der Waals surface area contributed by atoms with Crippen LogP contribution in [0.2, 0.25) is 0 Å². The maximum absolute atomic E-state index is 14.5. The first-order chi connectivity index (χ1) is 16.0. The molecule has 1 aromatic heterocycles. The lowest BCUT2D eigenvalue weighted by atomic mass is 9.97. The van der Waals surface area contributed by atoms with Crippen molar-refractivity contribution in [3.8, 4) is 22.3 Å². The Hall–Kier alpha value is -3.45. The summed E-state index contributed by atoms with van der Waals surface area (Å²) >= 11 is 0. The zero-order valence-electron chi connectivity index (χ0n) is 18.3. The van der Waals surface area contributed by atoms with Gasteiger partial charge in [-0.1, -0.05) is 24.3 Å². The highest BCUT2D eigenvalue weighted by Crippen LogP contribution is 2.32. The van der Waals surface area contributed by atoms with E-state index in [0.29, 0.717) is 29.2 Å². The fourth-order valence-electron chi connectivity index (χ4n) is 4.63. The van der Waals surface area contributed by atoms with Gasteiger partial charge in [0.2, 0.25) is 5.91 Å². The highest BCUT2D eigenvalue weighted by atomic mass is 19.1. The van der Waals surface area contributed by atoms with E-state index < -0.39 is 5.82 Å². The summed E-state index contributed by atoms with van der Waals surface area (Å²) in [5.74, 6) is 0.552. The molecule has 1 unspecified atom stereocenters. The van der Waals surface area contributed by atoms with Gasteiger partial charge in [0.15, 0.2) is 0 Å². The number of nitrogens with two attached hydrogens (primary N) is 2. The van der Waals surface area contributed by atoms with Crippen LogP contribution in [0.5, 0.6) is 0 Å². The number of rotatable bonds is 6.